The highest BCUT2D eigenvalue weighted by Gasteiger charge is 2.26. The fourth-order valence-electron chi connectivity index (χ4n) is 2.29. The second-order valence-corrected chi connectivity index (χ2v) is 5.29. The molecular formula is C14H27NO. The summed E-state index contributed by atoms with van der Waals surface area (Å²) in [7, 11) is 0. The van der Waals surface area contributed by atoms with Gasteiger partial charge in [-0.3, -0.25) is 0 Å². The molecule has 0 aliphatic carbocycles. The van der Waals surface area contributed by atoms with E-state index in [-0.39, 0.29) is 0 Å². The van der Waals surface area contributed by atoms with Gasteiger partial charge in [0.1, 0.15) is 0 Å². The molecule has 0 aromatic heterocycles. The Kier molecular flexibility index (Phi) is 8.29. The minimum atomic E-state index is -0.528. The van der Waals surface area contributed by atoms with Gasteiger partial charge >= 0.3 is 0 Å². The van der Waals surface area contributed by atoms with Gasteiger partial charge in [-0.05, 0) is 31.6 Å². The molecule has 1 unspecified atom stereocenters. The van der Waals surface area contributed by atoms with E-state index in [1.165, 1.54) is 12.8 Å². The topological polar surface area (TPSA) is 44.0 Å². The molecule has 0 aromatic rings. The van der Waals surface area contributed by atoms with E-state index in [2.05, 4.69) is 26.8 Å². The summed E-state index contributed by atoms with van der Waals surface area (Å²) >= 11 is 0. The Balaban J connectivity index is 4.08. The quantitative estimate of drug-likeness (QED) is 0.602. The van der Waals surface area contributed by atoms with Gasteiger partial charge < -0.3 is 5.11 Å². The van der Waals surface area contributed by atoms with Crippen LogP contribution in [0.5, 0.6) is 0 Å². The van der Waals surface area contributed by atoms with Crippen LogP contribution in [0.4, 0.5) is 0 Å². The van der Waals surface area contributed by atoms with E-state index >= 15 is 0 Å². The Labute approximate surface area is 101 Å². The Morgan fingerprint density at radius 3 is 2.31 bits per heavy atom. The summed E-state index contributed by atoms with van der Waals surface area (Å²) in [6.45, 7) is 6.47. The number of nitriles is 1. The van der Waals surface area contributed by atoms with Crippen molar-refractivity contribution in [1.29, 1.82) is 5.26 Å². The second kappa shape index (κ2) is 8.58. The van der Waals surface area contributed by atoms with Crippen LogP contribution >= 0.6 is 0 Å². The van der Waals surface area contributed by atoms with Crippen molar-refractivity contribution in [1.82, 2.24) is 0 Å². The number of aliphatic hydroxyl groups is 1. The summed E-state index contributed by atoms with van der Waals surface area (Å²) in [5.41, 5.74) is -0.528. The lowest BCUT2D eigenvalue weighted by atomic mass is 9.83. The van der Waals surface area contributed by atoms with Crippen LogP contribution in [-0.4, -0.2) is 10.7 Å². The molecule has 0 fully saturated rings. The molecule has 0 aliphatic heterocycles. The van der Waals surface area contributed by atoms with E-state index in [4.69, 9.17) is 5.26 Å². The smallest absolute Gasteiger partial charge is 0.0650 e. The molecule has 0 rings (SSSR count). The van der Waals surface area contributed by atoms with Crippen molar-refractivity contribution < 1.29 is 5.11 Å². The van der Waals surface area contributed by atoms with Crippen LogP contribution in [0.25, 0.3) is 0 Å². The normalized spacial score (nSPS) is 14.8. The Hall–Kier alpha value is -0.550. The summed E-state index contributed by atoms with van der Waals surface area (Å²) in [4.78, 5) is 0. The van der Waals surface area contributed by atoms with Crippen molar-refractivity contribution in [2.24, 2.45) is 5.92 Å². The molecule has 0 saturated carbocycles. The summed E-state index contributed by atoms with van der Waals surface area (Å²) in [5.74, 6) is 0.522. The maximum atomic E-state index is 10.5. The highest BCUT2D eigenvalue weighted by atomic mass is 16.3. The highest BCUT2D eigenvalue weighted by Crippen LogP contribution is 2.28. The monoisotopic (exact) mass is 225 g/mol. The number of hydrogen-bond acceptors (Lipinski definition) is 2. The van der Waals surface area contributed by atoms with Crippen molar-refractivity contribution in [3.63, 3.8) is 0 Å². The molecule has 2 heteroatoms. The standard InChI is InChI=1S/C14H27NO/c1-4-5-6-9-14(16,12-13(2)3)10-7-8-11-15/h13,16H,4-10,12H2,1-3H3. The largest absolute Gasteiger partial charge is 0.390 e. The molecule has 0 radical (unpaired) electrons. The maximum absolute atomic E-state index is 10.5. The van der Waals surface area contributed by atoms with Gasteiger partial charge in [-0.25, -0.2) is 0 Å². The fraction of sp³-hybridized carbons (Fsp3) is 0.929. The maximum Gasteiger partial charge on any atom is 0.0650 e. The lowest BCUT2D eigenvalue weighted by Gasteiger charge is -2.30. The summed E-state index contributed by atoms with van der Waals surface area (Å²) in [6, 6.07) is 2.15. The van der Waals surface area contributed by atoms with Gasteiger partial charge in [-0.1, -0.05) is 40.0 Å². The van der Waals surface area contributed by atoms with Crippen molar-refractivity contribution in [3.05, 3.63) is 0 Å². The van der Waals surface area contributed by atoms with Crippen molar-refractivity contribution in [2.75, 3.05) is 0 Å². The molecule has 2 nitrogen and oxygen atoms in total. The van der Waals surface area contributed by atoms with Crippen LogP contribution in [0.1, 0.15) is 72.1 Å². The zero-order chi connectivity index (χ0) is 12.4. The van der Waals surface area contributed by atoms with Crippen LogP contribution in [-0.2, 0) is 0 Å². The zero-order valence-corrected chi connectivity index (χ0v) is 11.1. The van der Waals surface area contributed by atoms with E-state index in [1.54, 1.807) is 0 Å². The fourth-order valence-corrected chi connectivity index (χ4v) is 2.29. The van der Waals surface area contributed by atoms with Gasteiger partial charge in [-0.15, -0.1) is 0 Å². The van der Waals surface area contributed by atoms with E-state index in [0.717, 1.165) is 32.1 Å². The van der Waals surface area contributed by atoms with Crippen molar-refractivity contribution in [2.45, 2.75) is 77.7 Å². The molecule has 94 valence electrons. The predicted octanol–water partition coefficient (Wildman–Crippen LogP) is 4.04. The molecular weight excluding hydrogens is 198 g/mol. The SMILES string of the molecule is CCCCCC(O)(CCCC#N)CC(C)C. The van der Waals surface area contributed by atoms with Crippen molar-refractivity contribution in [3.8, 4) is 6.07 Å². The average molecular weight is 225 g/mol. The molecule has 1 N–H and O–H groups in total. The van der Waals surface area contributed by atoms with E-state index in [1.807, 2.05) is 0 Å². The van der Waals surface area contributed by atoms with E-state index in [9.17, 15) is 5.11 Å². The minimum Gasteiger partial charge on any atom is -0.390 e. The van der Waals surface area contributed by atoms with Crippen LogP contribution in [0.3, 0.4) is 0 Å². The first-order valence-corrected chi connectivity index (χ1v) is 6.63. The third kappa shape index (κ3) is 7.70. The minimum absolute atomic E-state index is 0.522. The lowest BCUT2D eigenvalue weighted by molar-refractivity contribution is -0.000393. The van der Waals surface area contributed by atoms with Gasteiger partial charge in [0.2, 0.25) is 0 Å². The molecule has 0 aromatic carbocycles. The lowest BCUT2D eigenvalue weighted by Crippen LogP contribution is -2.30. The number of hydrogen-bond donors (Lipinski definition) is 1. The molecule has 1 atom stereocenters. The first kappa shape index (κ1) is 15.4. The van der Waals surface area contributed by atoms with E-state index in [0.29, 0.717) is 12.3 Å². The van der Waals surface area contributed by atoms with Gasteiger partial charge in [0.25, 0.3) is 0 Å². The first-order chi connectivity index (χ1) is 7.54. The number of rotatable bonds is 9. The first-order valence-electron chi connectivity index (χ1n) is 6.63. The average Bonchev–Trinajstić information content (AvgIpc) is 2.17. The van der Waals surface area contributed by atoms with Crippen LogP contribution in [0.15, 0.2) is 0 Å². The van der Waals surface area contributed by atoms with Crippen LogP contribution < -0.4 is 0 Å². The highest BCUT2D eigenvalue weighted by molar-refractivity contribution is 4.81. The van der Waals surface area contributed by atoms with E-state index < -0.39 is 5.60 Å². The molecule has 0 heterocycles. The molecule has 0 aliphatic rings. The van der Waals surface area contributed by atoms with Crippen LogP contribution in [0.2, 0.25) is 0 Å². The Morgan fingerprint density at radius 2 is 1.81 bits per heavy atom. The second-order valence-electron chi connectivity index (χ2n) is 5.29. The zero-order valence-electron chi connectivity index (χ0n) is 11.1. The number of nitrogens with zero attached hydrogens (tertiary/aromatic N) is 1. The Bertz CT molecular complexity index is 207. The van der Waals surface area contributed by atoms with Gasteiger partial charge in [0.15, 0.2) is 0 Å². The van der Waals surface area contributed by atoms with Crippen LogP contribution in [0, 0.1) is 17.2 Å². The number of unbranched alkanes of at least 4 members (excludes halogenated alkanes) is 3. The summed E-state index contributed by atoms with van der Waals surface area (Å²) in [5, 5.41) is 19.1. The van der Waals surface area contributed by atoms with Gasteiger partial charge in [-0.2, -0.15) is 5.26 Å². The molecule has 0 amide bonds. The summed E-state index contributed by atoms with van der Waals surface area (Å²) in [6.07, 6.45) is 7.41. The van der Waals surface area contributed by atoms with Gasteiger partial charge in [0.05, 0.1) is 11.7 Å². The Morgan fingerprint density at radius 1 is 1.19 bits per heavy atom. The molecule has 0 saturated heterocycles. The summed E-state index contributed by atoms with van der Waals surface area (Å²) < 4.78 is 0. The third-order valence-corrected chi connectivity index (χ3v) is 2.96. The molecule has 0 bridgehead atoms. The molecule has 0 spiro atoms. The predicted molar refractivity (Wildman–Crippen MR) is 68.0 cm³/mol. The third-order valence-electron chi connectivity index (χ3n) is 2.96. The van der Waals surface area contributed by atoms with Gasteiger partial charge in [0, 0.05) is 6.42 Å². The molecule has 16 heavy (non-hydrogen) atoms. The van der Waals surface area contributed by atoms with Crippen molar-refractivity contribution >= 4 is 0 Å².